The average molecular weight is 434 g/mol. The highest BCUT2D eigenvalue weighted by Gasteiger charge is 2.14. The van der Waals surface area contributed by atoms with Crippen molar-refractivity contribution >= 4 is 11.2 Å². The van der Waals surface area contributed by atoms with E-state index >= 15 is 0 Å². The topological polar surface area (TPSA) is 86.8 Å². The molecular formula is C27H23N5O. The standard InChI is InChI=1S/C27H23N5O/c28-18-20-6-8-22(9-7-20)26-25(21-4-2-1-3-5-21)30-23-10-11-24(31-27(23)32-26)33-17-14-19-12-15-29-16-13-19/h1-13,15-16H,14,17-18,28H2. The van der Waals surface area contributed by atoms with Gasteiger partial charge >= 0.3 is 0 Å². The molecule has 0 aliphatic carbocycles. The summed E-state index contributed by atoms with van der Waals surface area (Å²) in [6, 6.07) is 25.9. The Morgan fingerprint density at radius 1 is 0.667 bits per heavy atom. The van der Waals surface area contributed by atoms with Gasteiger partial charge < -0.3 is 10.5 Å². The van der Waals surface area contributed by atoms with Crippen LogP contribution in [0.3, 0.4) is 0 Å². The van der Waals surface area contributed by atoms with Gasteiger partial charge in [0.25, 0.3) is 0 Å². The molecule has 5 aromatic rings. The Balaban J connectivity index is 1.50. The van der Waals surface area contributed by atoms with E-state index in [0.29, 0.717) is 24.7 Å². The molecular weight excluding hydrogens is 410 g/mol. The van der Waals surface area contributed by atoms with Gasteiger partial charge in [0.05, 0.1) is 18.0 Å². The maximum atomic E-state index is 5.90. The lowest BCUT2D eigenvalue weighted by atomic mass is 10.0. The summed E-state index contributed by atoms with van der Waals surface area (Å²) in [7, 11) is 0. The first-order valence-electron chi connectivity index (χ1n) is 10.9. The van der Waals surface area contributed by atoms with E-state index in [-0.39, 0.29) is 0 Å². The highest BCUT2D eigenvalue weighted by Crippen LogP contribution is 2.31. The quantitative estimate of drug-likeness (QED) is 0.395. The highest BCUT2D eigenvalue weighted by atomic mass is 16.5. The summed E-state index contributed by atoms with van der Waals surface area (Å²) in [4.78, 5) is 18.5. The molecule has 162 valence electrons. The minimum Gasteiger partial charge on any atom is -0.477 e. The summed E-state index contributed by atoms with van der Waals surface area (Å²) in [5.41, 5.74) is 12.8. The number of pyridine rings is 2. The van der Waals surface area contributed by atoms with Crippen LogP contribution < -0.4 is 10.5 Å². The summed E-state index contributed by atoms with van der Waals surface area (Å²) >= 11 is 0. The van der Waals surface area contributed by atoms with Crippen LogP contribution in [-0.2, 0) is 13.0 Å². The van der Waals surface area contributed by atoms with Crippen molar-refractivity contribution in [2.75, 3.05) is 6.61 Å². The minimum absolute atomic E-state index is 0.497. The second-order valence-corrected chi connectivity index (χ2v) is 7.63. The Hall–Kier alpha value is -4.16. The van der Waals surface area contributed by atoms with E-state index in [1.54, 1.807) is 12.4 Å². The number of aromatic nitrogens is 4. The van der Waals surface area contributed by atoms with Crippen LogP contribution in [0.4, 0.5) is 0 Å². The van der Waals surface area contributed by atoms with Crippen LogP contribution in [0, 0.1) is 0 Å². The van der Waals surface area contributed by atoms with E-state index < -0.39 is 0 Å². The van der Waals surface area contributed by atoms with Crippen LogP contribution in [0.25, 0.3) is 33.7 Å². The zero-order chi connectivity index (χ0) is 22.5. The molecule has 33 heavy (non-hydrogen) atoms. The van der Waals surface area contributed by atoms with E-state index in [4.69, 9.17) is 20.4 Å². The maximum absolute atomic E-state index is 5.90. The first-order valence-corrected chi connectivity index (χ1v) is 10.9. The number of ether oxygens (including phenoxy) is 1. The summed E-state index contributed by atoms with van der Waals surface area (Å²) in [6.07, 6.45) is 4.34. The Morgan fingerprint density at radius 3 is 2.15 bits per heavy atom. The zero-order valence-corrected chi connectivity index (χ0v) is 18.1. The lowest BCUT2D eigenvalue weighted by molar-refractivity contribution is 0.310. The number of hydrogen-bond donors (Lipinski definition) is 1. The fourth-order valence-corrected chi connectivity index (χ4v) is 3.63. The van der Waals surface area contributed by atoms with E-state index in [0.717, 1.165) is 40.0 Å². The number of nitrogens with zero attached hydrogens (tertiary/aromatic N) is 4. The predicted octanol–water partition coefficient (Wildman–Crippen LogP) is 4.83. The van der Waals surface area contributed by atoms with Crippen LogP contribution in [0.1, 0.15) is 11.1 Å². The fraction of sp³-hybridized carbons (Fsp3) is 0.111. The van der Waals surface area contributed by atoms with Gasteiger partial charge in [-0.2, -0.15) is 4.98 Å². The molecule has 6 heteroatoms. The fourth-order valence-electron chi connectivity index (χ4n) is 3.63. The Kier molecular flexibility index (Phi) is 5.99. The van der Waals surface area contributed by atoms with Gasteiger partial charge in [0.15, 0.2) is 5.65 Å². The van der Waals surface area contributed by atoms with Crippen LogP contribution in [0.15, 0.2) is 91.3 Å². The lowest BCUT2D eigenvalue weighted by Crippen LogP contribution is -2.04. The van der Waals surface area contributed by atoms with Gasteiger partial charge in [-0.15, -0.1) is 0 Å². The molecule has 0 aliphatic heterocycles. The van der Waals surface area contributed by atoms with Crippen molar-refractivity contribution < 1.29 is 4.74 Å². The molecule has 0 saturated heterocycles. The lowest BCUT2D eigenvalue weighted by Gasteiger charge is -2.12. The molecule has 0 fully saturated rings. The maximum Gasteiger partial charge on any atom is 0.215 e. The summed E-state index contributed by atoms with van der Waals surface area (Å²) < 4.78 is 5.90. The number of fused-ring (bicyclic) bond motifs is 1. The van der Waals surface area contributed by atoms with E-state index in [9.17, 15) is 0 Å². The van der Waals surface area contributed by atoms with Crippen molar-refractivity contribution in [2.24, 2.45) is 5.73 Å². The summed E-state index contributed by atoms with van der Waals surface area (Å²) in [5, 5.41) is 0. The molecule has 0 unspecified atom stereocenters. The van der Waals surface area contributed by atoms with Gasteiger partial charge in [-0.25, -0.2) is 9.97 Å². The normalized spacial score (nSPS) is 10.9. The molecule has 5 rings (SSSR count). The second-order valence-electron chi connectivity index (χ2n) is 7.63. The summed E-state index contributed by atoms with van der Waals surface area (Å²) in [5.74, 6) is 0.530. The predicted molar refractivity (Wildman–Crippen MR) is 130 cm³/mol. The molecule has 0 spiro atoms. The van der Waals surface area contributed by atoms with Gasteiger partial charge in [0.2, 0.25) is 5.88 Å². The van der Waals surface area contributed by atoms with E-state index in [1.807, 2.05) is 78.9 Å². The van der Waals surface area contributed by atoms with Crippen molar-refractivity contribution in [1.82, 2.24) is 19.9 Å². The second kappa shape index (κ2) is 9.54. The van der Waals surface area contributed by atoms with Gasteiger partial charge in [-0.3, -0.25) is 4.98 Å². The molecule has 2 aromatic carbocycles. The van der Waals surface area contributed by atoms with Crippen LogP contribution in [0.2, 0.25) is 0 Å². The molecule has 0 aliphatic rings. The van der Waals surface area contributed by atoms with Crippen molar-refractivity contribution in [1.29, 1.82) is 0 Å². The SMILES string of the molecule is NCc1ccc(-c2nc3nc(OCCc4ccncc4)ccc3nc2-c2ccccc2)cc1. The number of benzene rings is 2. The van der Waals surface area contributed by atoms with Gasteiger partial charge in [-0.05, 0) is 29.3 Å². The molecule has 0 saturated carbocycles. The van der Waals surface area contributed by atoms with Gasteiger partial charge in [-0.1, -0.05) is 54.6 Å². The van der Waals surface area contributed by atoms with E-state index in [1.165, 1.54) is 5.56 Å². The zero-order valence-electron chi connectivity index (χ0n) is 18.1. The number of rotatable bonds is 7. The Morgan fingerprint density at radius 2 is 1.39 bits per heavy atom. The molecule has 6 nitrogen and oxygen atoms in total. The van der Waals surface area contributed by atoms with E-state index in [2.05, 4.69) is 9.97 Å². The monoisotopic (exact) mass is 433 g/mol. The third-order valence-corrected chi connectivity index (χ3v) is 5.40. The average Bonchev–Trinajstić information content (AvgIpc) is 2.89. The molecule has 0 bridgehead atoms. The van der Waals surface area contributed by atoms with Gasteiger partial charge in [0, 0.05) is 42.6 Å². The molecule has 0 amide bonds. The Bertz CT molecular complexity index is 1360. The first-order chi connectivity index (χ1) is 16.3. The first kappa shape index (κ1) is 20.7. The molecule has 3 heterocycles. The molecule has 0 radical (unpaired) electrons. The van der Waals surface area contributed by atoms with Gasteiger partial charge in [0.1, 0.15) is 5.52 Å². The van der Waals surface area contributed by atoms with Crippen LogP contribution in [-0.4, -0.2) is 26.5 Å². The molecule has 2 N–H and O–H groups in total. The smallest absolute Gasteiger partial charge is 0.215 e. The minimum atomic E-state index is 0.497. The van der Waals surface area contributed by atoms with Crippen LogP contribution in [0.5, 0.6) is 5.88 Å². The largest absolute Gasteiger partial charge is 0.477 e. The van der Waals surface area contributed by atoms with Crippen molar-refractivity contribution in [2.45, 2.75) is 13.0 Å². The Labute approximate surface area is 192 Å². The molecule has 3 aromatic heterocycles. The molecule has 0 atom stereocenters. The van der Waals surface area contributed by atoms with Crippen molar-refractivity contribution in [3.63, 3.8) is 0 Å². The number of hydrogen-bond acceptors (Lipinski definition) is 6. The third-order valence-electron chi connectivity index (χ3n) is 5.40. The number of nitrogens with two attached hydrogens (primary N) is 1. The van der Waals surface area contributed by atoms with Crippen LogP contribution >= 0.6 is 0 Å². The third kappa shape index (κ3) is 4.71. The summed E-state index contributed by atoms with van der Waals surface area (Å²) in [6.45, 7) is 1.02. The highest BCUT2D eigenvalue weighted by molar-refractivity contribution is 5.84. The van der Waals surface area contributed by atoms with Crippen molar-refractivity contribution in [3.05, 3.63) is 102 Å². The van der Waals surface area contributed by atoms with Crippen molar-refractivity contribution in [3.8, 4) is 28.4 Å².